The highest BCUT2D eigenvalue weighted by Crippen LogP contribution is 2.37. The van der Waals surface area contributed by atoms with Crippen LogP contribution in [-0.2, 0) is 0 Å². The third-order valence-electron chi connectivity index (χ3n) is 2.44. The predicted molar refractivity (Wildman–Crippen MR) is 78.4 cm³/mol. The first-order valence-corrected chi connectivity index (χ1v) is 6.26. The normalized spacial score (nSPS) is 10.2. The number of rotatable bonds is 4. The molecule has 0 fully saturated rings. The summed E-state index contributed by atoms with van der Waals surface area (Å²) in [5.74, 6) is -0.0182. The Morgan fingerprint density at radius 2 is 2.00 bits per heavy atom. The van der Waals surface area contributed by atoms with Gasteiger partial charge in [0.25, 0.3) is 0 Å². The quantitative estimate of drug-likeness (QED) is 0.386. The maximum atomic E-state index is 11.0. The number of benzene rings is 1. The molecule has 0 unspecified atom stereocenters. The lowest BCUT2D eigenvalue weighted by Gasteiger charge is -2.07. The van der Waals surface area contributed by atoms with Crippen molar-refractivity contribution in [2.45, 2.75) is 0 Å². The largest absolute Gasteiger partial charge is 0.448 e. The van der Waals surface area contributed by atoms with Gasteiger partial charge < -0.3 is 10.5 Å². The first kappa shape index (κ1) is 15.0. The van der Waals surface area contributed by atoms with Crippen LogP contribution >= 0.6 is 23.2 Å². The van der Waals surface area contributed by atoms with E-state index in [1.807, 2.05) is 0 Å². The SMILES string of the molecule is N=C(N)c1ccc(Oc2cc(Cl)c(Cl)cc2[N+](=O)[O-])cn1. The van der Waals surface area contributed by atoms with Crippen molar-refractivity contribution in [1.82, 2.24) is 4.98 Å². The van der Waals surface area contributed by atoms with Gasteiger partial charge in [0.05, 0.1) is 21.2 Å². The number of pyridine rings is 1. The van der Waals surface area contributed by atoms with Crippen molar-refractivity contribution in [3.8, 4) is 11.5 Å². The molecule has 0 saturated heterocycles. The van der Waals surface area contributed by atoms with E-state index < -0.39 is 4.92 Å². The van der Waals surface area contributed by atoms with Gasteiger partial charge >= 0.3 is 5.69 Å². The maximum Gasteiger partial charge on any atom is 0.313 e. The van der Waals surface area contributed by atoms with E-state index in [-0.39, 0.29) is 38.8 Å². The molecule has 108 valence electrons. The lowest BCUT2D eigenvalue weighted by atomic mass is 10.3. The molecule has 0 radical (unpaired) electrons. The smallest absolute Gasteiger partial charge is 0.313 e. The third-order valence-corrected chi connectivity index (χ3v) is 3.16. The number of halogens is 2. The molecular weight excluding hydrogens is 319 g/mol. The van der Waals surface area contributed by atoms with Gasteiger partial charge in [0, 0.05) is 12.1 Å². The molecule has 21 heavy (non-hydrogen) atoms. The lowest BCUT2D eigenvalue weighted by molar-refractivity contribution is -0.385. The third kappa shape index (κ3) is 3.39. The predicted octanol–water partition coefficient (Wildman–Crippen LogP) is 3.37. The van der Waals surface area contributed by atoms with Crippen LogP contribution in [0.5, 0.6) is 11.5 Å². The van der Waals surface area contributed by atoms with Gasteiger partial charge in [-0.2, -0.15) is 0 Å². The number of nitro benzene ring substituents is 1. The summed E-state index contributed by atoms with van der Waals surface area (Å²) in [6.45, 7) is 0. The Bertz CT molecular complexity index is 719. The zero-order valence-corrected chi connectivity index (χ0v) is 11.9. The van der Waals surface area contributed by atoms with E-state index >= 15 is 0 Å². The number of nitrogens with one attached hydrogen (secondary N) is 1. The van der Waals surface area contributed by atoms with Gasteiger partial charge in [-0.15, -0.1) is 0 Å². The Morgan fingerprint density at radius 3 is 2.52 bits per heavy atom. The van der Waals surface area contributed by atoms with Gasteiger partial charge in [-0.3, -0.25) is 15.5 Å². The summed E-state index contributed by atoms with van der Waals surface area (Å²) >= 11 is 11.6. The molecule has 1 aromatic heterocycles. The number of aromatic nitrogens is 1. The molecular formula is C12H8Cl2N4O3. The van der Waals surface area contributed by atoms with Crippen LogP contribution in [0.1, 0.15) is 5.69 Å². The number of amidine groups is 1. The van der Waals surface area contributed by atoms with Crippen molar-refractivity contribution >= 4 is 34.7 Å². The van der Waals surface area contributed by atoms with Gasteiger partial charge in [-0.25, -0.2) is 4.98 Å². The molecule has 0 aliphatic rings. The van der Waals surface area contributed by atoms with Crippen molar-refractivity contribution in [3.63, 3.8) is 0 Å². The number of hydrogen-bond donors (Lipinski definition) is 2. The summed E-state index contributed by atoms with van der Waals surface area (Å²) in [4.78, 5) is 14.2. The van der Waals surface area contributed by atoms with Crippen LogP contribution < -0.4 is 10.5 Å². The van der Waals surface area contributed by atoms with Crippen LogP contribution in [-0.4, -0.2) is 15.7 Å². The number of nitrogen functional groups attached to an aromatic ring is 1. The van der Waals surface area contributed by atoms with Crippen molar-refractivity contribution in [2.24, 2.45) is 5.73 Å². The Hall–Kier alpha value is -2.38. The molecule has 0 bridgehead atoms. The first-order valence-electron chi connectivity index (χ1n) is 5.50. The van der Waals surface area contributed by atoms with Crippen molar-refractivity contribution in [3.05, 3.63) is 56.3 Å². The summed E-state index contributed by atoms with van der Waals surface area (Å²) in [6, 6.07) is 5.30. The van der Waals surface area contributed by atoms with E-state index in [4.69, 9.17) is 39.1 Å². The molecule has 0 spiro atoms. The fourth-order valence-electron chi connectivity index (χ4n) is 1.47. The zero-order chi connectivity index (χ0) is 15.6. The highest BCUT2D eigenvalue weighted by atomic mass is 35.5. The average molecular weight is 327 g/mol. The van der Waals surface area contributed by atoms with E-state index in [2.05, 4.69) is 4.98 Å². The minimum absolute atomic E-state index is 0.0563. The molecule has 7 nitrogen and oxygen atoms in total. The van der Waals surface area contributed by atoms with E-state index in [9.17, 15) is 10.1 Å². The van der Waals surface area contributed by atoms with Gasteiger partial charge in [0.15, 0.2) is 0 Å². The van der Waals surface area contributed by atoms with E-state index in [0.29, 0.717) is 0 Å². The zero-order valence-electron chi connectivity index (χ0n) is 10.3. The van der Waals surface area contributed by atoms with Crippen LogP contribution in [0.4, 0.5) is 5.69 Å². The fraction of sp³-hybridized carbons (Fsp3) is 0. The van der Waals surface area contributed by atoms with Gasteiger partial charge in [-0.05, 0) is 12.1 Å². The second-order valence-corrected chi connectivity index (χ2v) is 4.70. The van der Waals surface area contributed by atoms with Crippen LogP contribution in [0.25, 0.3) is 0 Å². The number of hydrogen-bond acceptors (Lipinski definition) is 5. The molecule has 0 amide bonds. The van der Waals surface area contributed by atoms with Crippen LogP contribution in [0, 0.1) is 15.5 Å². The molecule has 1 aromatic carbocycles. The summed E-state index contributed by atoms with van der Waals surface area (Å²) in [6.07, 6.45) is 1.29. The minimum Gasteiger partial charge on any atom is -0.448 e. The van der Waals surface area contributed by atoms with E-state index in [0.717, 1.165) is 6.07 Å². The Balaban J connectivity index is 2.36. The molecule has 3 N–H and O–H groups in total. The van der Waals surface area contributed by atoms with Gasteiger partial charge in [0.1, 0.15) is 17.3 Å². The highest BCUT2D eigenvalue weighted by Gasteiger charge is 2.19. The summed E-state index contributed by atoms with van der Waals surface area (Å²) < 4.78 is 5.38. The highest BCUT2D eigenvalue weighted by molar-refractivity contribution is 6.42. The van der Waals surface area contributed by atoms with Crippen molar-refractivity contribution in [1.29, 1.82) is 5.41 Å². The van der Waals surface area contributed by atoms with E-state index in [1.165, 1.54) is 24.4 Å². The van der Waals surface area contributed by atoms with Crippen LogP contribution in [0.2, 0.25) is 10.0 Å². The van der Waals surface area contributed by atoms with Crippen LogP contribution in [0.3, 0.4) is 0 Å². The van der Waals surface area contributed by atoms with Gasteiger partial charge in [-0.1, -0.05) is 23.2 Å². The first-order chi connectivity index (χ1) is 9.88. The maximum absolute atomic E-state index is 11.0. The molecule has 0 aliphatic heterocycles. The molecule has 1 heterocycles. The number of nitrogens with zero attached hydrogens (tertiary/aromatic N) is 2. The summed E-state index contributed by atoms with van der Waals surface area (Å²) in [7, 11) is 0. The molecule has 0 aliphatic carbocycles. The second-order valence-electron chi connectivity index (χ2n) is 3.89. The average Bonchev–Trinajstić information content (AvgIpc) is 2.43. The number of ether oxygens (including phenoxy) is 1. The molecule has 0 saturated carbocycles. The van der Waals surface area contributed by atoms with Crippen LogP contribution in [0.15, 0.2) is 30.5 Å². The molecule has 9 heteroatoms. The van der Waals surface area contributed by atoms with Gasteiger partial charge in [0.2, 0.25) is 5.75 Å². The Morgan fingerprint density at radius 1 is 1.33 bits per heavy atom. The summed E-state index contributed by atoms with van der Waals surface area (Å²) in [5, 5.41) is 18.4. The molecule has 2 rings (SSSR count). The standard InChI is InChI=1S/C12H8Cl2N4O3/c13-7-3-10(18(19)20)11(4-8(7)14)21-6-1-2-9(12(15)16)17-5-6/h1-5H,(H3,15,16). The monoisotopic (exact) mass is 326 g/mol. The number of nitro groups is 1. The second kappa shape index (κ2) is 5.94. The lowest BCUT2D eigenvalue weighted by Crippen LogP contribution is -2.12. The molecule has 2 aromatic rings. The van der Waals surface area contributed by atoms with Crippen molar-refractivity contribution in [2.75, 3.05) is 0 Å². The van der Waals surface area contributed by atoms with Crippen molar-refractivity contribution < 1.29 is 9.66 Å². The summed E-state index contributed by atoms with van der Waals surface area (Å²) in [5.41, 5.74) is 5.23. The minimum atomic E-state index is -0.630. The molecule has 0 atom stereocenters. The van der Waals surface area contributed by atoms with E-state index in [1.54, 1.807) is 0 Å². The fourth-order valence-corrected chi connectivity index (χ4v) is 1.78. The number of nitrogens with two attached hydrogens (primary N) is 1. The topological polar surface area (TPSA) is 115 Å². The Labute approximate surface area is 128 Å². The Kier molecular flexibility index (Phi) is 4.25.